The van der Waals surface area contributed by atoms with Crippen LogP contribution in [0, 0.1) is 12.7 Å². The molecule has 1 N–H and O–H groups in total. The lowest BCUT2D eigenvalue weighted by Crippen LogP contribution is -2.02. The van der Waals surface area contributed by atoms with Crippen molar-refractivity contribution < 1.29 is 19.0 Å². The van der Waals surface area contributed by atoms with Crippen LogP contribution in [-0.2, 0) is 0 Å². The monoisotopic (exact) mass is 288 g/mol. The van der Waals surface area contributed by atoms with Gasteiger partial charge >= 0.3 is 0 Å². The van der Waals surface area contributed by atoms with E-state index in [0.717, 1.165) is 12.0 Å². The van der Waals surface area contributed by atoms with Crippen molar-refractivity contribution >= 4 is 0 Å². The number of aliphatic hydroxyl groups excluding tert-OH is 1. The van der Waals surface area contributed by atoms with E-state index in [0.29, 0.717) is 35.8 Å². The molecular formula is C17H17FO3. The molecule has 1 aliphatic rings. The summed E-state index contributed by atoms with van der Waals surface area (Å²) in [6, 6.07) is 9.87. The summed E-state index contributed by atoms with van der Waals surface area (Å²) in [5.41, 5.74) is 1.96. The first-order valence-corrected chi connectivity index (χ1v) is 6.98. The molecule has 3 nitrogen and oxygen atoms in total. The fraction of sp³-hybridized carbons (Fsp3) is 0.294. The third kappa shape index (κ3) is 3.00. The molecule has 1 aliphatic heterocycles. The zero-order valence-electron chi connectivity index (χ0n) is 11.8. The maximum Gasteiger partial charge on any atom is 0.161 e. The van der Waals surface area contributed by atoms with Crippen molar-refractivity contribution in [2.24, 2.45) is 0 Å². The molecule has 110 valence electrons. The minimum Gasteiger partial charge on any atom is -0.490 e. The molecule has 0 amide bonds. The molecule has 2 aromatic carbocycles. The molecule has 0 saturated heterocycles. The minimum absolute atomic E-state index is 0.349. The lowest BCUT2D eigenvalue weighted by atomic mass is 9.99. The Bertz CT molecular complexity index is 634. The van der Waals surface area contributed by atoms with Gasteiger partial charge in [0.15, 0.2) is 11.5 Å². The number of fused-ring (bicyclic) bond motifs is 1. The van der Waals surface area contributed by atoms with Crippen LogP contribution in [0.15, 0.2) is 36.4 Å². The van der Waals surface area contributed by atoms with Gasteiger partial charge < -0.3 is 14.6 Å². The van der Waals surface area contributed by atoms with Crippen LogP contribution in [0.25, 0.3) is 0 Å². The van der Waals surface area contributed by atoms with Crippen molar-refractivity contribution in [3.05, 3.63) is 58.9 Å². The first kappa shape index (κ1) is 13.9. The number of aliphatic hydroxyl groups is 1. The summed E-state index contributed by atoms with van der Waals surface area (Å²) in [4.78, 5) is 0. The lowest BCUT2D eigenvalue weighted by Gasteiger charge is -2.15. The summed E-state index contributed by atoms with van der Waals surface area (Å²) in [5.74, 6) is 0.953. The standard InChI is InChI=1S/C17H17FO3/c1-11-7-13(9-14(18)8-11)17(19)12-3-4-15-16(10-12)21-6-2-5-20-15/h3-4,7-10,17,19H,2,5-6H2,1H3. The third-order valence-electron chi connectivity index (χ3n) is 3.47. The Balaban J connectivity index is 1.94. The SMILES string of the molecule is Cc1cc(F)cc(C(O)c2ccc3c(c2)OCCCO3)c1. The fourth-order valence-electron chi connectivity index (χ4n) is 2.46. The normalized spacial score (nSPS) is 15.4. The maximum absolute atomic E-state index is 13.5. The zero-order chi connectivity index (χ0) is 14.8. The van der Waals surface area contributed by atoms with Crippen LogP contribution in [0.5, 0.6) is 11.5 Å². The summed E-state index contributed by atoms with van der Waals surface area (Å²) in [5, 5.41) is 10.4. The Morgan fingerprint density at radius 3 is 2.52 bits per heavy atom. The van der Waals surface area contributed by atoms with E-state index in [1.165, 1.54) is 12.1 Å². The average Bonchev–Trinajstić information content (AvgIpc) is 2.69. The lowest BCUT2D eigenvalue weighted by molar-refractivity contribution is 0.218. The van der Waals surface area contributed by atoms with Crippen molar-refractivity contribution in [2.75, 3.05) is 13.2 Å². The topological polar surface area (TPSA) is 38.7 Å². The van der Waals surface area contributed by atoms with Crippen LogP contribution in [0.4, 0.5) is 4.39 Å². The second-order valence-corrected chi connectivity index (χ2v) is 5.22. The zero-order valence-corrected chi connectivity index (χ0v) is 11.8. The highest BCUT2D eigenvalue weighted by Crippen LogP contribution is 2.34. The predicted octanol–water partition coefficient (Wildman–Crippen LogP) is 3.38. The first-order chi connectivity index (χ1) is 10.1. The predicted molar refractivity (Wildman–Crippen MR) is 77.2 cm³/mol. The molecule has 0 saturated carbocycles. The van der Waals surface area contributed by atoms with Crippen LogP contribution in [0.1, 0.15) is 29.2 Å². The minimum atomic E-state index is -0.892. The van der Waals surface area contributed by atoms with Crippen molar-refractivity contribution in [2.45, 2.75) is 19.4 Å². The fourth-order valence-corrected chi connectivity index (χ4v) is 2.46. The largest absolute Gasteiger partial charge is 0.490 e. The molecule has 2 aromatic rings. The van der Waals surface area contributed by atoms with Crippen LogP contribution in [0.2, 0.25) is 0 Å². The van der Waals surface area contributed by atoms with E-state index in [2.05, 4.69) is 0 Å². The second-order valence-electron chi connectivity index (χ2n) is 5.22. The van der Waals surface area contributed by atoms with Crippen molar-refractivity contribution in [3.63, 3.8) is 0 Å². The van der Waals surface area contributed by atoms with Crippen molar-refractivity contribution in [1.29, 1.82) is 0 Å². The van der Waals surface area contributed by atoms with E-state index in [1.54, 1.807) is 31.2 Å². The van der Waals surface area contributed by atoms with E-state index in [4.69, 9.17) is 9.47 Å². The number of aryl methyl sites for hydroxylation is 1. The Labute approximate surface area is 122 Å². The third-order valence-corrected chi connectivity index (χ3v) is 3.47. The van der Waals surface area contributed by atoms with Gasteiger partial charge in [-0.2, -0.15) is 0 Å². The van der Waals surface area contributed by atoms with Crippen LogP contribution in [-0.4, -0.2) is 18.3 Å². The highest BCUT2D eigenvalue weighted by Gasteiger charge is 2.16. The number of benzene rings is 2. The van der Waals surface area contributed by atoms with Gasteiger partial charge in [-0.1, -0.05) is 12.1 Å². The summed E-state index contributed by atoms with van der Waals surface area (Å²) in [6.45, 7) is 3.01. The number of hydrogen-bond acceptors (Lipinski definition) is 3. The molecule has 1 heterocycles. The van der Waals surface area contributed by atoms with Gasteiger partial charge in [-0.25, -0.2) is 4.39 Å². The molecule has 21 heavy (non-hydrogen) atoms. The molecule has 0 fully saturated rings. The maximum atomic E-state index is 13.5. The smallest absolute Gasteiger partial charge is 0.161 e. The first-order valence-electron chi connectivity index (χ1n) is 6.98. The van der Waals surface area contributed by atoms with Crippen molar-refractivity contribution in [1.82, 2.24) is 0 Å². The quantitative estimate of drug-likeness (QED) is 0.920. The Kier molecular flexibility index (Phi) is 3.80. The molecule has 1 unspecified atom stereocenters. The van der Waals surface area contributed by atoms with Crippen molar-refractivity contribution in [3.8, 4) is 11.5 Å². The van der Waals surface area contributed by atoms with Crippen LogP contribution >= 0.6 is 0 Å². The van der Waals surface area contributed by atoms with E-state index in [-0.39, 0.29) is 5.82 Å². The van der Waals surface area contributed by atoms with E-state index in [9.17, 15) is 9.50 Å². The summed E-state index contributed by atoms with van der Waals surface area (Å²) in [7, 11) is 0. The van der Waals surface area contributed by atoms with Crippen LogP contribution < -0.4 is 9.47 Å². The Hall–Kier alpha value is -2.07. The summed E-state index contributed by atoms with van der Waals surface area (Å²) >= 11 is 0. The molecule has 0 spiro atoms. The van der Waals surface area contributed by atoms with Gasteiger partial charge in [0.05, 0.1) is 13.2 Å². The van der Waals surface area contributed by atoms with E-state index in [1.807, 2.05) is 0 Å². The Morgan fingerprint density at radius 2 is 1.76 bits per heavy atom. The number of rotatable bonds is 2. The summed E-state index contributed by atoms with van der Waals surface area (Å²) in [6.07, 6.45) is -0.0631. The molecule has 0 bridgehead atoms. The summed E-state index contributed by atoms with van der Waals surface area (Å²) < 4.78 is 24.6. The molecule has 1 atom stereocenters. The second kappa shape index (κ2) is 5.74. The highest BCUT2D eigenvalue weighted by atomic mass is 19.1. The van der Waals surface area contributed by atoms with Gasteiger partial charge in [-0.3, -0.25) is 0 Å². The molecule has 4 heteroatoms. The number of hydrogen-bond donors (Lipinski definition) is 1. The van der Waals surface area contributed by atoms with Gasteiger partial charge in [0, 0.05) is 6.42 Å². The van der Waals surface area contributed by atoms with Gasteiger partial charge in [0.1, 0.15) is 11.9 Å². The Morgan fingerprint density at radius 1 is 1.00 bits per heavy atom. The molecule has 3 rings (SSSR count). The van der Waals surface area contributed by atoms with Crippen LogP contribution in [0.3, 0.4) is 0 Å². The van der Waals surface area contributed by atoms with Gasteiger partial charge in [-0.15, -0.1) is 0 Å². The molecule has 0 radical (unpaired) electrons. The molecular weight excluding hydrogens is 271 g/mol. The number of halogens is 1. The van der Waals surface area contributed by atoms with E-state index < -0.39 is 6.10 Å². The van der Waals surface area contributed by atoms with Gasteiger partial charge in [0.25, 0.3) is 0 Å². The highest BCUT2D eigenvalue weighted by molar-refractivity contribution is 5.46. The average molecular weight is 288 g/mol. The van der Waals surface area contributed by atoms with E-state index >= 15 is 0 Å². The number of ether oxygens (including phenoxy) is 2. The van der Waals surface area contributed by atoms with Gasteiger partial charge in [-0.05, 0) is 47.9 Å². The van der Waals surface area contributed by atoms with Gasteiger partial charge in [0.2, 0.25) is 0 Å². The molecule has 0 aromatic heterocycles. The molecule has 0 aliphatic carbocycles.